The van der Waals surface area contributed by atoms with Gasteiger partial charge in [-0.15, -0.1) is 0 Å². The summed E-state index contributed by atoms with van der Waals surface area (Å²) in [5, 5.41) is 18.6. The first-order valence-corrected chi connectivity index (χ1v) is 5.41. The Morgan fingerprint density at radius 2 is 2.40 bits per heavy atom. The van der Waals surface area contributed by atoms with Crippen LogP contribution in [0.4, 0.5) is 0 Å². The van der Waals surface area contributed by atoms with Gasteiger partial charge in [0, 0.05) is 13.1 Å². The predicted molar refractivity (Wildman–Crippen MR) is 55.8 cm³/mol. The van der Waals surface area contributed by atoms with Crippen LogP contribution in [0.15, 0.2) is 0 Å². The lowest BCUT2D eigenvalue weighted by Crippen LogP contribution is -2.37. The first kappa shape index (κ1) is 12.0. The van der Waals surface area contributed by atoms with Gasteiger partial charge in [0.1, 0.15) is 5.92 Å². The van der Waals surface area contributed by atoms with Crippen molar-refractivity contribution in [3.63, 3.8) is 0 Å². The van der Waals surface area contributed by atoms with Crippen LogP contribution in [0.3, 0.4) is 0 Å². The van der Waals surface area contributed by atoms with Crippen LogP contribution < -0.4 is 0 Å². The van der Waals surface area contributed by atoms with Gasteiger partial charge in [-0.2, -0.15) is 5.26 Å². The highest BCUT2D eigenvalue weighted by Gasteiger charge is 2.36. The number of carbonyl (C=O) groups excluding carboxylic acids is 1. The molecule has 0 aliphatic carbocycles. The van der Waals surface area contributed by atoms with Gasteiger partial charge >= 0.3 is 0 Å². The predicted octanol–water partition coefficient (Wildman–Crippen LogP) is 0.910. The van der Waals surface area contributed by atoms with Crippen LogP contribution >= 0.6 is 0 Å². The molecule has 0 aromatic rings. The lowest BCUT2D eigenvalue weighted by Gasteiger charge is -2.21. The summed E-state index contributed by atoms with van der Waals surface area (Å²) >= 11 is 0. The molecule has 1 N–H and O–H groups in total. The molecular formula is C11H18N2O2. The Labute approximate surface area is 90.5 Å². The van der Waals surface area contributed by atoms with Gasteiger partial charge in [0.25, 0.3) is 0 Å². The molecule has 0 radical (unpaired) electrons. The molecular weight excluding hydrogens is 192 g/mol. The van der Waals surface area contributed by atoms with Gasteiger partial charge in [-0.3, -0.25) is 4.79 Å². The van der Waals surface area contributed by atoms with Gasteiger partial charge in [-0.25, -0.2) is 0 Å². The second-order valence-corrected chi connectivity index (χ2v) is 4.48. The smallest absolute Gasteiger partial charge is 0.240 e. The standard InChI is InChI=1S/C11H18N2O2/c1-3-4-9(7-12)10(14)13-6-5-11(2,15)8-13/h9,15H,3-6,8H2,1-2H3. The Morgan fingerprint density at radius 3 is 2.80 bits per heavy atom. The second kappa shape index (κ2) is 4.63. The summed E-state index contributed by atoms with van der Waals surface area (Å²) < 4.78 is 0. The summed E-state index contributed by atoms with van der Waals surface area (Å²) in [6.07, 6.45) is 2.03. The Kier molecular flexibility index (Phi) is 3.70. The molecule has 1 aliphatic heterocycles. The monoisotopic (exact) mass is 210 g/mol. The minimum Gasteiger partial charge on any atom is -0.388 e. The number of β-amino-alcohol motifs (C(OH)–C–C–N with tert-alkyl or cyclic N) is 1. The van der Waals surface area contributed by atoms with Crippen molar-refractivity contribution in [2.75, 3.05) is 13.1 Å². The van der Waals surface area contributed by atoms with E-state index in [1.54, 1.807) is 11.8 Å². The van der Waals surface area contributed by atoms with Crippen molar-refractivity contribution in [1.82, 2.24) is 4.90 Å². The molecule has 1 saturated heterocycles. The zero-order valence-corrected chi connectivity index (χ0v) is 9.36. The van der Waals surface area contributed by atoms with Crippen LogP contribution in [0.2, 0.25) is 0 Å². The molecule has 1 fully saturated rings. The molecule has 1 aliphatic rings. The third-order valence-electron chi connectivity index (χ3n) is 2.79. The van der Waals surface area contributed by atoms with E-state index < -0.39 is 11.5 Å². The average Bonchev–Trinajstić information content (AvgIpc) is 2.54. The summed E-state index contributed by atoms with van der Waals surface area (Å²) in [5.74, 6) is -0.666. The lowest BCUT2D eigenvalue weighted by atomic mass is 10.0. The first-order chi connectivity index (χ1) is 7.00. The molecule has 0 bridgehead atoms. The summed E-state index contributed by atoms with van der Waals surface area (Å²) in [6, 6.07) is 2.03. The van der Waals surface area contributed by atoms with Crippen LogP contribution in [-0.4, -0.2) is 34.6 Å². The van der Waals surface area contributed by atoms with Gasteiger partial charge in [0.05, 0.1) is 11.7 Å². The topological polar surface area (TPSA) is 64.3 Å². The number of likely N-dealkylation sites (tertiary alicyclic amines) is 1. The van der Waals surface area contributed by atoms with Crippen molar-refractivity contribution in [2.24, 2.45) is 5.92 Å². The van der Waals surface area contributed by atoms with Crippen LogP contribution in [0.25, 0.3) is 0 Å². The Balaban J connectivity index is 2.58. The number of nitriles is 1. The van der Waals surface area contributed by atoms with Gasteiger partial charge in [0.2, 0.25) is 5.91 Å². The number of hydrogen-bond acceptors (Lipinski definition) is 3. The van der Waals surface area contributed by atoms with Crippen molar-refractivity contribution < 1.29 is 9.90 Å². The third kappa shape index (κ3) is 2.93. The van der Waals surface area contributed by atoms with Crippen molar-refractivity contribution >= 4 is 5.91 Å². The summed E-state index contributed by atoms with van der Waals surface area (Å²) in [5.41, 5.74) is -0.776. The molecule has 2 unspecified atom stereocenters. The van der Waals surface area contributed by atoms with E-state index in [4.69, 9.17) is 5.26 Å². The Hall–Kier alpha value is -1.08. The summed E-state index contributed by atoms with van der Waals surface area (Å²) in [7, 11) is 0. The van der Waals surface area contributed by atoms with Crippen molar-refractivity contribution in [1.29, 1.82) is 5.26 Å². The van der Waals surface area contributed by atoms with Gasteiger partial charge < -0.3 is 10.0 Å². The first-order valence-electron chi connectivity index (χ1n) is 5.41. The fourth-order valence-corrected chi connectivity index (χ4v) is 1.89. The maximum absolute atomic E-state index is 11.8. The van der Waals surface area contributed by atoms with E-state index in [0.29, 0.717) is 25.9 Å². The molecule has 15 heavy (non-hydrogen) atoms. The highest BCUT2D eigenvalue weighted by Crippen LogP contribution is 2.22. The van der Waals surface area contributed by atoms with E-state index in [1.807, 2.05) is 13.0 Å². The molecule has 84 valence electrons. The fraction of sp³-hybridized carbons (Fsp3) is 0.818. The molecule has 0 spiro atoms. The van der Waals surface area contributed by atoms with Crippen molar-refractivity contribution in [2.45, 2.75) is 38.7 Å². The molecule has 1 rings (SSSR count). The van der Waals surface area contributed by atoms with E-state index in [1.165, 1.54) is 0 Å². The maximum atomic E-state index is 11.8. The Bertz CT molecular complexity index is 281. The molecule has 0 aromatic heterocycles. The average molecular weight is 210 g/mol. The lowest BCUT2D eigenvalue weighted by molar-refractivity contribution is -0.133. The van der Waals surface area contributed by atoms with E-state index in [2.05, 4.69) is 0 Å². The minimum absolute atomic E-state index is 0.128. The minimum atomic E-state index is -0.776. The summed E-state index contributed by atoms with van der Waals surface area (Å²) in [6.45, 7) is 4.60. The van der Waals surface area contributed by atoms with E-state index >= 15 is 0 Å². The third-order valence-corrected chi connectivity index (χ3v) is 2.79. The van der Waals surface area contributed by atoms with E-state index in [9.17, 15) is 9.90 Å². The van der Waals surface area contributed by atoms with Crippen LogP contribution in [0.5, 0.6) is 0 Å². The molecule has 4 heteroatoms. The number of aliphatic hydroxyl groups is 1. The SMILES string of the molecule is CCCC(C#N)C(=O)N1CCC(C)(O)C1. The molecule has 1 heterocycles. The molecule has 0 aromatic carbocycles. The molecule has 2 atom stereocenters. The van der Waals surface area contributed by atoms with E-state index in [0.717, 1.165) is 6.42 Å². The number of nitrogens with zero attached hydrogens (tertiary/aromatic N) is 2. The van der Waals surface area contributed by atoms with Gasteiger partial charge in [-0.05, 0) is 19.8 Å². The van der Waals surface area contributed by atoms with Gasteiger partial charge in [-0.1, -0.05) is 13.3 Å². The highest BCUT2D eigenvalue weighted by molar-refractivity contribution is 5.81. The molecule has 4 nitrogen and oxygen atoms in total. The van der Waals surface area contributed by atoms with Crippen LogP contribution in [0, 0.1) is 17.2 Å². The van der Waals surface area contributed by atoms with Gasteiger partial charge in [0.15, 0.2) is 0 Å². The number of amides is 1. The van der Waals surface area contributed by atoms with Crippen LogP contribution in [0.1, 0.15) is 33.1 Å². The van der Waals surface area contributed by atoms with Crippen LogP contribution in [-0.2, 0) is 4.79 Å². The quantitative estimate of drug-likeness (QED) is 0.753. The zero-order chi connectivity index (χ0) is 11.5. The van der Waals surface area contributed by atoms with Crippen molar-refractivity contribution in [3.8, 4) is 6.07 Å². The normalized spacial score (nSPS) is 27.5. The number of hydrogen-bond donors (Lipinski definition) is 1. The summed E-state index contributed by atoms with van der Waals surface area (Å²) in [4.78, 5) is 13.4. The maximum Gasteiger partial charge on any atom is 0.240 e. The number of carbonyl (C=O) groups is 1. The second-order valence-electron chi connectivity index (χ2n) is 4.48. The zero-order valence-electron chi connectivity index (χ0n) is 9.36. The fourth-order valence-electron chi connectivity index (χ4n) is 1.89. The van der Waals surface area contributed by atoms with Crippen molar-refractivity contribution in [3.05, 3.63) is 0 Å². The van der Waals surface area contributed by atoms with E-state index in [-0.39, 0.29) is 5.91 Å². The molecule has 1 amide bonds. The number of rotatable bonds is 3. The largest absolute Gasteiger partial charge is 0.388 e. The highest BCUT2D eigenvalue weighted by atomic mass is 16.3. The molecule has 0 saturated carbocycles. The Morgan fingerprint density at radius 1 is 1.73 bits per heavy atom.